The van der Waals surface area contributed by atoms with Crippen molar-refractivity contribution in [2.45, 2.75) is 6.04 Å². The number of carbonyl (C=O) groups is 2. The fourth-order valence-electron chi connectivity index (χ4n) is 2.64. The van der Waals surface area contributed by atoms with Gasteiger partial charge in [0, 0.05) is 0 Å². The van der Waals surface area contributed by atoms with Gasteiger partial charge in [0.05, 0.1) is 25.2 Å². The Morgan fingerprint density at radius 3 is 2.72 bits per heavy atom. The van der Waals surface area contributed by atoms with Crippen LogP contribution in [0.5, 0.6) is 0 Å². The monoisotopic (exact) mass is 341 g/mol. The minimum absolute atomic E-state index is 0.0524. The second kappa shape index (κ2) is 5.74. The number of nitrogens with zero attached hydrogens (tertiary/aromatic N) is 4. The van der Waals surface area contributed by atoms with Crippen molar-refractivity contribution in [3.05, 3.63) is 59.6 Å². The summed E-state index contributed by atoms with van der Waals surface area (Å²) < 4.78 is 16.8. The zero-order valence-electron chi connectivity index (χ0n) is 12.9. The first-order valence-electron chi connectivity index (χ1n) is 7.19. The molecule has 0 amide bonds. The van der Waals surface area contributed by atoms with Crippen molar-refractivity contribution in [2.75, 3.05) is 12.4 Å². The number of rotatable bonds is 4. The second-order valence-electron chi connectivity index (χ2n) is 5.08. The van der Waals surface area contributed by atoms with Gasteiger partial charge in [-0.2, -0.15) is 4.68 Å². The van der Waals surface area contributed by atoms with Crippen LogP contribution in [0.15, 0.2) is 56.9 Å². The lowest BCUT2D eigenvalue weighted by Gasteiger charge is -2.25. The number of fused-ring (bicyclic) bond motifs is 1. The first kappa shape index (κ1) is 14.9. The Morgan fingerprint density at radius 2 is 2.04 bits per heavy atom. The Bertz CT molecular complexity index is 955. The lowest BCUT2D eigenvalue weighted by Crippen LogP contribution is -2.32. The summed E-state index contributed by atoms with van der Waals surface area (Å²) in [6, 6.07) is 5.54. The summed E-state index contributed by atoms with van der Waals surface area (Å²) in [6.45, 7) is 0. The molecule has 0 aromatic carbocycles. The largest absolute Gasteiger partial charge is 0.467 e. The Morgan fingerprint density at radius 1 is 1.24 bits per heavy atom. The fourth-order valence-corrected chi connectivity index (χ4v) is 2.64. The molecule has 4 heterocycles. The van der Waals surface area contributed by atoms with E-state index in [1.54, 1.807) is 18.2 Å². The molecule has 0 bridgehead atoms. The molecule has 10 heteroatoms. The van der Waals surface area contributed by atoms with Gasteiger partial charge in [-0.25, -0.2) is 4.79 Å². The highest BCUT2D eigenvalue weighted by Gasteiger charge is 2.40. The maximum Gasteiger partial charge on any atom is 0.355 e. The molecule has 25 heavy (non-hydrogen) atoms. The topological polar surface area (TPSA) is 125 Å². The summed E-state index contributed by atoms with van der Waals surface area (Å²) in [5, 5.41) is 14.0. The van der Waals surface area contributed by atoms with Crippen LogP contribution in [-0.2, 0) is 9.53 Å². The summed E-state index contributed by atoms with van der Waals surface area (Å²) in [7, 11) is 1.21. The number of methoxy groups -OCH3 is 1. The van der Waals surface area contributed by atoms with Gasteiger partial charge in [-0.15, -0.1) is 0 Å². The summed E-state index contributed by atoms with van der Waals surface area (Å²) >= 11 is 0. The highest BCUT2D eigenvalue weighted by atomic mass is 16.5. The number of anilines is 1. The maximum atomic E-state index is 13.0. The van der Waals surface area contributed by atoms with E-state index in [2.05, 4.69) is 20.8 Å². The van der Waals surface area contributed by atoms with Crippen molar-refractivity contribution in [3.8, 4) is 0 Å². The lowest BCUT2D eigenvalue weighted by atomic mass is 9.95. The Balaban J connectivity index is 1.95. The quantitative estimate of drug-likeness (QED) is 0.550. The molecule has 3 aromatic heterocycles. The number of esters is 1. The van der Waals surface area contributed by atoms with E-state index in [0.29, 0.717) is 5.76 Å². The zero-order chi connectivity index (χ0) is 17.4. The van der Waals surface area contributed by atoms with Gasteiger partial charge < -0.3 is 18.9 Å². The minimum Gasteiger partial charge on any atom is -0.467 e. The fraction of sp³-hybridized carbons (Fsp3) is 0.133. The molecule has 1 atom stereocenters. The SMILES string of the molecule is COC(=O)C1=C(C(=O)c2ccco2)[C@@H](c2ccco2)n2nnnc2N1. The third-order valence-corrected chi connectivity index (χ3v) is 3.71. The number of ketones is 1. The van der Waals surface area contributed by atoms with E-state index in [-0.39, 0.29) is 23.0 Å². The predicted octanol–water partition coefficient (Wildman–Crippen LogP) is 1.18. The third-order valence-electron chi connectivity index (χ3n) is 3.71. The molecule has 0 fully saturated rings. The van der Waals surface area contributed by atoms with E-state index < -0.39 is 17.8 Å². The molecule has 1 aliphatic heterocycles. The number of carbonyl (C=O) groups excluding carboxylic acids is 2. The van der Waals surface area contributed by atoms with Gasteiger partial charge in [-0.1, -0.05) is 5.10 Å². The van der Waals surface area contributed by atoms with Gasteiger partial charge in [0.1, 0.15) is 17.5 Å². The normalized spacial score (nSPS) is 16.3. The van der Waals surface area contributed by atoms with E-state index in [4.69, 9.17) is 13.6 Å². The van der Waals surface area contributed by atoms with Crippen LogP contribution in [-0.4, -0.2) is 39.1 Å². The van der Waals surface area contributed by atoms with Crippen molar-refractivity contribution >= 4 is 17.7 Å². The Kier molecular flexibility index (Phi) is 3.42. The number of nitrogens with one attached hydrogen (secondary N) is 1. The molecule has 0 spiro atoms. The van der Waals surface area contributed by atoms with Crippen molar-refractivity contribution in [2.24, 2.45) is 0 Å². The smallest absolute Gasteiger partial charge is 0.355 e. The standard InChI is InChI=1S/C15H11N5O5/c1-23-14(22)11-10(13(21)9-5-3-7-25-9)12(8-4-2-6-24-8)20-15(16-11)17-18-19-20/h2-7,12H,1H3,(H,16,17,19)/t12-/m1/s1. The number of tetrazole rings is 1. The molecule has 0 saturated heterocycles. The lowest BCUT2D eigenvalue weighted by molar-refractivity contribution is -0.136. The van der Waals surface area contributed by atoms with Gasteiger partial charge in [-0.3, -0.25) is 4.79 Å². The Labute approximate surface area is 140 Å². The van der Waals surface area contributed by atoms with Crippen LogP contribution in [0, 0.1) is 0 Å². The van der Waals surface area contributed by atoms with E-state index in [0.717, 1.165) is 0 Å². The first-order valence-corrected chi connectivity index (χ1v) is 7.19. The van der Waals surface area contributed by atoms with Crippen LogP contribution in [0.4, 0.5) is 5.95 Å². The van der Waals surface area contributed by atoms with Gasteiger partial charge in [0.25, 0.3) is 0 Å². The highest BCUT2D eigenvalue weighted by Crippen LogP contribution is 2.36. The summed E-state index contributed by atoms with van der Waals surface area (Å²) in [5.41, 5.74) is -0.0239. The molecule has 1 N–H and O–H groups in total. The van der Waals surface area contributed by atoms with Crippen LogP contribution in [0.3, 0.4) is 0 Å². The average Bonchev–Trinajstić information content (AvgIpc) is 3.40. The number of hydrogen-bond acceptors (Lipinski definition) is 9. The van der Waals surface area contributed by atoms with E-state index in [1.807, 2.05) is 0 Å². The highest BCUT2D eigenvalue weighted by molar-refractivity contribution is 6.13. The van der Waals surface area contributed by atoms with Crippen LogP contribution < -0.4 is 5.32 Å². The summed E-state index contributed by atoms with van der Waals surface area (Å²) in [5.74, 6) is -0.628. The van der Waals surface area contributed by atoms with Crippen LogP contribution in [0.2, 0.25) is 0 Å². The summed E-state index contributed by atoms with van der Waals surface area (Å²) in [6.07, 6.45) is 2.82. The van der Waals surface area contributed by atoms with E-state index >= 15 is 0 Å². The number of aromatic nitrogens is 4. The minimum atomic E-state index is -0.854. The molecule has 0 radical (unpaired) electrons. The molecule has 10 nitrogen and oxygen atoms in total. The molecule has 1 aliphatic rings. The molecule has 126 valence electrons. The van der Waals surface area contributed by atoms with Crippen molar-refractivity contribution < 1.29 is 23.2 Å². The predicted molar refractivity (Wildman–Crippen MR) is 80.4 cm³/mol. The number of ether oxygens (including phenoxy) is 1. The van der Waals surface area contributed by atoms with Gasteiger partial charge in [-0.05, 0) is 34.7 Å². The maximum absolute atomic E-state index is 13.0. The average molecular weight is 341 g/mol. The molecule has 3 aromatic rings. The number of Topliss-reactive ketones (excluding diaryl/α,β-unsaturated/α-hetero) is 1. The van der Waals surface area contributed by atoms with Crippen molar-refractivity contribution in [1.82, 2.24) is 20.2 Å². The van der Waals surface area contributed by atoms with Crippen LogP contribution in [0.25, 0.3) is 0 Å². The Hall–Kier alpha value is -3.69. The number of hydrogen-bond donors (Lipinski definition) is 1. The molecular weight excluding hydrogens is 330 g/mol. The molecule has 4 rings (SSSR count). The van der Waals surface area contributed by atoms with Crippen molar-refractivity contribution in [1.29, 1.82) is 0 Å². The second-order valence-corrected chi connectivity index (χ2v) is 5.08. The zero-order valence-corrected chi connectivity index (χ0v) is 12.9. The molecular formula is C15H11N5O5. The van der Waals surface area contributed by atoms with Gasteiger partial charge in [0.2, 0.25) is 11.7 Å². The summed E-state index contributed by atoms with van der Waals surface area (Å²) in [4.78, 5) is 25.3. The van der Waals surface area contributed by atoms with E-state index in [1.165, 1.54) is 30.4 Å². The van der Waals surface area contributed by atoms with E-state index in [9.17, 15) is 9.59 Å². The van der Waals surface area contributed by atoms with Crippen molar-refractivity contribution in [3.63, 3.8) is 0 Å². The van der Waals surface area contributed by atoms with Crippen LogP contribution >= 0.6 is 0 Å². The number of furan rings is 2. The molecule has 0 unspecified atom stereocenters. The first-order chi connectivity index (χ1) is 12.2. The third kappa shape index (κ3) is 2.31. The van der Waals surface area contributed by atoms with Crippen LogP contribution in [0.1, 0.15) is 22.4 Å². The number of allylic oxidation sites excluding steroid dienone is 1. The van der Waals surface area contributed by atoms with Gasteiger partial charge in [0.15, 0.2) is 5.76 Å². The van der Waals surface area contributed by atoms with Gasteiger partial charge >= 0.3 is 5.97 Å². The molecule has 0 saturated carbocycles. The molecule has 0 aliphatic carbocycles.